The molecule has 0 unspecified atom stereocenters. The van der Waals surface area contributed by atoms with E-state index in [0.717, 1.165) is 26.2 Å². The van der Waals surface area contributed by atoms with E-state index in [9.17, 15) is 4.79 Å². The number of nitrogens with one attached hydrogen (secondary N) is 1. The van der Waals surface area contributed by atoms with Gasteiger partial charge in [-0.3, -0.25) is 0 Å². The molecular formula is C18H22N6O4. The van der Waals surface area contributed by atoms with Crippen molar-refractivity contribution in [3.8, 4) is 0 Å². The summed E-state index contributed by atoms with van der Waals surface area (Å²) in [6, 6.07) is 6.46. The van der Waals surface area contributed by atoms with Gasteiger partial charge in [-0.15, -0.1) is 0 Å². The van der Waals surface area contributed by atoms with E-state index >= 15 is 0 Å². The predicted molar refractivity (Wildman–Crippen MR) is 103 cm³/mol. The van der Waals surface area contributed by atoms with Crippen molar-refractivity contribution < 1.29 is 19.4 Å². The maximum Gasteiger partial charge on any atom is 0.335 e. The van der Waals surface area contributed by atoms with E-state index in [1.165, 1.54) is 12.1 Å². The third-order valence-electron chi connectivity index (χ3n) is 4.59. The molecule has 4 rings (SSSR count). The fraction of sp³-hybridized carbons (Fsp3) is 0.444. The number of carboxylic acids is 1. The van der Waals surface area contributed by atoms with Crippen LogP contribution in [0.25, 0.3) is 0 Å². The number of hydrogen-bond donors (Lipinski definition) is 2. The number of nitrogens with zero attached hydrogens (tertiary/aromatic N) is 5. The van der Waals surface area contributed by atoms with Gasteiger partial charge in [0.25, 0.3) is 0 Å². The van der Waals surface area contributed by atoms with Crippen molar-refractivity contribution in [2.45, 2.75) is 0 Å². The van der Waals surface area contributed by atoms with Gasteiger partial charge >= 0.3 is 5.97 Å². The number of rotatable bonds is 5. The molecule has 3 heterocycles. The summed E-state index contributed by atoms with van der Waals surface area (Å²) in [5.41, 5.74) is 0.932. The highest BCUT2D eigenvalue weighted by Gasteiger charge is 2.20. The van der Waals surface area contributed by atoms with Gasteiger partial charge in [-0.2, -0.15) is 15.0 Å². The Kier molecular flexibility index (Phi) is 5.49. The minimum absolute atomic E-state index is 0.226. The zero-order valence-corrected chi connectivity index (χ0v) is 15.4. The van der Waals surface area contributed by atoms with Gasteiger partial charge in [-0.1, -0.05) is 0 Å². The van der Waals surface area contributed by atoms with E-state index in [1.807, 2.05) is 0 Å². The molecule has 2 saturated heterocycles. The van der Waals surface area contributed by atoms with Crippen LogP contribution in [-0.2, 0) is 9.47 Å². The molecule has 2 N–H and O–H groups in total. The van der Waals surface area contributed by atoms with Gasteiger partial charge in [0.15, 0.2) is 0 Å². The normalized spacial score (nSPS) is 17.4. The number of carboxylic acid groups (broad SMARTS) is 1. The van der Waals surface area contributed by atoms with E-state index in [4.69, 9.17) is 14.6 Å². The minimum atomic E-state index is -0.962. The largest absolute Gasteiger partial charge is 0.478 e. The lowest BCUT2D eigenvalue weighted by molar-refractivity contribution is 0.0697. The van der Waals surface area contributed by atoms with Crippen LogP contribution in [-0.4, -0.2) is 78.6 Å². The van der Waals surface area contributed by atoms with Gasteiger partial charge in [0.05, 0.1) is 32.0 Å². The average Bonchev–Trinajstić information content (AvgIpc) is 2.75. The molecule has 1 aromatic heterocycles. The van der Waals surface area contributed by atoms with Crippen LogP contribution in [0.5, 0.6) is 0 Å². The third kappa shape index (κ3) is 4.29. The first-order valence-electron chi connectivity index (χ1n) is 9.21. The van der Waals surface area contributed by atoms with Crippen molar-refractivity contribution in [3.63, 3.8) is 0 Å². The van der Waals surface area contributed by atoms with Crippen LogP contribution in [0.2, 0.25) is 0 Å². The molecule has 1 aromatic carbocycles. The second-order valence-electron chi connectivity index (χ2n) is 6.47. The van der Waals surface area contributed by atoms with E-state index < -0.39 is 5.97 Å². The highest BCUT2D eigenvalue weighted by molar-refractivity contribution is 5.88. The number of aromatic carboxylic acids is 1. The van der Waals surface area contributed by atoms with Gasteiger partial charge in [0, 0.05) is 31.9 Å². The number of hydrogen-bond acceptors (Lipinski definition) is 9. The van der Waals surface area contributed by atoms with Crippen LogP contribution in [0.3, 0.4) is 0 Å². The van der Waals surface area contributed by atoms with Crippen molar-refractivity contribution in [2.24, 2.45) is 0 Å². The van der Waals surface area contributed by atoms with Crippen LogP contribution in [0, 0.1) is 0 Å². The van der Waals surface area contributed by atoms with Crippen LogP contribution < -0.4 is 15.1 Å². The van der Waals surface area contributed by atoms with Gasteiger partial charge < -0.3 is 29.7 Å². The van der Waals surface area contributed by atoms with Gasteiger partial charge in [-0.25, -0.2) is 4.79 Å². The summed E-state index contributed by atoms with van der Waals surface area (Å²) in [6.45, 7) is 5.43. The maximum absolute atomic E-state index is 11.0. The summed E-state index contributed by atoms with van der Waals surface area (Å²) < 4.78 is 10.8. The molecule has 0 atom stereocenters. The highest BCUT2D eigenvalue weighted by atomic mass is 16.5. The fourth-order valence-electron chi connectivity index (χ4n) is 3.04. The van der Waals surface area contributed by atoms with Gasteiger partial charge in [0.1, 0.15) is 0 Å². The topological polar surface area (TPSA) is 113 Å². The molecule has 28 heavy (non-hydrogen) atoms. The number of aromatic nitrogens is 3. The standard InChI is InChI=1S/C18H22N6O4/c25-15(26)13-1-3-14(4-2-13)19-16-20-17(23-5-9-27-10-6-23)22-18(21-16)24-7-11-28-12-8-24/h1-4H,5-12H2,(H,25,26)(H,19,20,21,22). The molecule has 2 aromatic rings. The second kappa shape index (κ2) is 8.36. The Morgan fingerprint density at radius 3 is 1.82 bits per heavy atom. The number of morpholine rings is 2. The number of anilines is 4. The number of benzene rings is 1. The Labute approximate surface area is 162 Å². The quantitative estimate of drug-likeness (QED) is 0.771. The molecule has 148 valence electrons. The second-order valence-corrected chi connectivity index (χ2v) is 6.47. The highest BCUT2D eigenvalue weighted by Crippen LogP contribution is 2.21. The van der Waals surface area contributed by atoms with E-state index in [1.54, 1.807) is 12.1 Å². The van der Waals surface area contributed by atoms with Crippen LogP contribution >= 0.6 is 0 Å². The lowest BCUT2D eigenvalue weighted by Crippen LogP contribution is -2.40. The Bertz CT molecular complexity index is 783. The molecule has 2 aliphatic heterocycles. The van der Waals surface area contributed by atoms with Crippen molar-refractivity contribution >= 4 is 29.5 Å². The summed E-state index contributed by atoms with van der Waals surface area (Å²) in [4.78, 5) is 29.0. The summed E-state index contributed by atoms with van der Waals surface area (Å²) in [7, 11) is 0. The Hall–Kier alpha value is -2.98. The van der Waals surface area contributed by atoms with Crippen molar-refractivity contribution in [2.75, 3.05) is 67.7 Å². The smallest absolute Gasteiger partial charge is 0.335 e. The van der Waals surface area contributed by atoms with E-state index in [-0.39, 0.29) is 5.56 Å². The molecule has 0 radical (unpaired) electrons. The summed E-state index contributed by atoms with van der Waals surface area (Å²) >= 11 is 0. The predicted octanol–water partition coefficient (Wildman–Crippen LogP) is 0.987. The molecule has 2 fully saturated rings. The molecule has 0 spiro atoms. The van der Waals surface area contributed by atoms with Crippen molar-refractivity contribution in [1.82, 2.24) is 15.0 Å². The van der Waals surface area contributed by atoms with Crippen LogP contribution in [0.1, 0.15) is 10.4 Å². The molecule has 0 amide bonds. The first kappa shape index (κ1) is 18.4. The third-order valence-corrected chi connectivity index (χ3v) is 4.59. The summed E-state index contributed by atoms with van der Waals surface area (Å²) in [5, 5.41) is 12.2. The lowest BCUT2D eigenvalue weighted by Gasteiger charge is -2.30. The van der Waals surface area contributed by atoms with Crippen molar-refractivity contribution in [1.29, 1.82) is 0 Å². The van der Waals surface area contributed by atoms with E-state index in [0.29, 0.717) is 50.0 Å². The van der Waals surface area contributed by atoms with Gasteiger partial charge in [0.2, 0.25) is 17.8 Å². The van der Waals surface area contributed by atoms with Gasteiger partial charge in [-0.05, 0) is 24.3 Å². The molecule has 10 nitrogen and oxygen atoms in total. The summed E-state index contributed by atoms with van der Waals surface area (Å²) in [5.74, 6) is 0.658. The number of carbonyl (C=O) groups is 1. The number of ether oxygens (including phenoxy) is 2. The zero-order chi connectivity index (χ0) is 19.3. The molecule has 2 aliphatic rings. The molecule has 0 bridgehead atoms. The Morgan fingerprint density at radius 2 is 1.36 bits per heavy atom. The Morgan fingerprint density at radius 1 is 0.857 bits per heavy atom. The SMILES string of the molecule is O=C(O)c1ccc(Nc2nc(N3CCOCC3)nc(N3CCOCC3)n2)cc1. The lowest BCUT2D eigenvalue weighted by atomic mass is 10.2. The minimum Gasteiger partial charge on any atom is -0.478 e. The molecule has 0 aliphatic carbocycles. The molecule has 10 heteroatoms. The van der Waals surface area contributed by atoms with E-state index in [2.05, 4.69) is 30.1 Å². The van der Waals surface area contributed by atoms with Crippen molar-refractivity contribution in [3.05, 3.63) is 29.8 Å². The monoisotopic (exact) mass is 386 g/mol. The molecule has 0 saturated carbocycles. The van der Waals surface area contributed by atoms with Crippen LogP contribution in [0.15, 0.2) is 24.3 Å². The Balaban J connectivity index is 1.61. The zero-order valence-electron chi connectivity index (χ0n) is 15.4. The maximum atomic E-state index is 11.0. The first-order chi connectivity index (χ1) is 13.7. The van der Waals surface area contributed by atoms with Crippen LogP contribution in [0.4, 0.5) is 23.5 Å². The summed E-state index contributed by atoms with van der Waals surface area (Å²) in [6.07, 6.45) is 0. The first-order valence-corrected chi connectivity index (χ1v) is 9.21. The molecular weight excluding hydrogens is 364 g/mol. The average molecular weight is 386 g/mol. The fourth-order valence-corrected chi connectivity index (χ4v) is 3.04.